The Labute approximate surface area is 306 Å². The standard InChI is InChI=1S/C41H63N3O7/c1-15-20-29-28(17-3)32(31-22-19-18-21-30(29)31)24-50-40(48)44(13)36(26(6)7)38(46)42-35(25(4)5)39(47)43(12)37(27(8)16-2)33(49-14)23-34(45)51-41(9,10)11/h15,17-22,25-27,32-33,35-37H,3,16,23-24H2,1-2,4-14H3,(H,42,46)/b20-15-/t27?,32?,33?,35-,36?,37?/m0/s1. The van der Waals surface area contributed by atoms with Crippen molar-refractivity contribution < 1.29 is 33.4 Å². The van der Waals surface area contributed by atoms with E-state index in [9.17, 15) is 19.2 Å². The van der Waals surface area contributed by atoms with Crippen LogP contribution in [0.15, 0.2) is 54.6 Å². The number of amides is 3. The van der Waals surface area contributed by atoms with Crippen LogP contribution in [0.25, 0.3) is 5.57 Å². The van der Waals surface area contributed by atoms with Gasteiger partial charge in [0.15, 0.2) is 0 Å². The van der Waals surface area contributed by atoms with Gasteiger partial charge in [-0.2, -0.15) is 0 Å². The maximum absolute atomic E-state index is 14.2. The van der Waals surface area contributed by atoms with Crippen LogP contribution in [0.1, 0.15) is 99.1 Å². The molecule has 0 aliphatic heterocycles. The second-order valence-corrected chi connectivity index (χ2v) is 15.2. The van der Waals surface area contributed by atoms with Gasteiger partial charge in [0, 0.05) is 27.1 Å². The molecule has 0 fully saturated rings. The average molecular weight is 710 g/mol. The molecule has 0 heterocycles. The first-order valence-corrected chi connectivity index (χ1v) is 18.1. The maximum atomic E-state index is 14.2. The predicted octanol–water partition coefficient (Wildman–Crippen LogP) is 7.15. The van der Waals surface area contributed by atoms with E-state index in [0.29, 0.717) is 0 Å². The van der Waals surface area contributed by atoms with Crippen molar-refractivity contribution in [3.8, 4) is 0 Å². The van der Waals surface area contributed by atoms with Gasteiger partial charge in [0.1, 0.15) is 24.3 Å². The van der Waals surface area contributed by atoms with E-state index in [4.69, 9.17) is 14.2 Å². The Hall–Kier alpha value is -3.92. The van der Waals surface area contributed by atoms with Crippen LogP contribution in [0, 0.1) is 17.8 Å². The molecule has 10 nitrogen and oxygen atoms in total. The maximum Gasteiger partial charge on any atom is 0.410 e. The molecule has 1 aliphatic carbocycles. The molecule has 0 spiro atoms. The van der Waals surface area contributed by atoms with Gasteiger partial charge in [0.2, 0.25) is 11.8 Å². The molecule has 0 bridgehead atoms. The Morgan fingerprint density at radius 1 is 1.00 bits per heavy atom. The van der Waals surface area contributed by atoms with E-state index in [1.807, 2.05) is 84.9 Å². The van der Waals surface area contributed by atoms with Crippen LogP contribution in [-0.2, 0) is 28.6 Å². The molecule has 5 unspecified atom stereocenters. The van der Waals surface area contributed by atoms with E-state index >= 15 is 0 Å². The number of nitrogens with zero attached hydrogens (tertiary/aromatic N) is 2. The van der Waals surface area contributed by atoms with E-state index in [1.54, 1.807) is 45.8 Å². The Balaban J connectivity index is 2.28. The third-order valence-electron chi connectivity index (χ3n) is 9.57. The van der Waals surface area contributed by atoms with Gasteiger partial charge in [-0.3, -0.25) is 19.3 Å². The number of carbonyl (C=O) groups excluding carboxylic acids is 4. The first-order valence-electron chi connectivity index (χ1n) is 18.1. The summed E-state index contributed by atoms with van der Waals surface area (Å²) in [5.41, 5.74) is 3.48. The van der Waals surface area contributed by atoms with Crippen molar-refractivity contribution in [2.24, 2.45) is 17.8 Å². The number of benzene rings is 1. The van der Waals surface area contributed by atoms with Crippen LogP contribution in [0.4, 0.5) is 4.79 Å². The molecule has 284 valence electrons. The average Bonchev–Trinajstić information content (AvgIpc) is 3.36. The van der Waals surface area contributed by atoms with Gasteiger partial charge in [-0.15, -0.1) is 0 Å². The van der Waals surface area contributed by atoms with Crippen molar-refractivity contribution in [3.05, 3.63) is 65.8 Å². The highest BCUT2D eigenvalue weighted by Gasteiger charge is 2.40. The molecule has 1 aliphatic rings. The summed E-state index contributed by atoms with van der Waals surface area (Å²) in [6.45, 7) is 22.9. The number of likely N-dealkylation sites (N-methyl/N-ethyl adjacent to an activating group) is 2. The van der Waals surface area contributed by atoms with Gasteiger partial charge in [0.05, 0.1) is 18.6 Å². The fraction of sp³-hybridized carbons (Fsp3) is 0.610. The van der Waals surface area contributed by atoms with Gasteiger partial charge in [-0.1, -0.05) is 97.0 Å². The highest BCUT2D eigenvalue weighted by molar-refractivity contribution is 5.92. The summed E-state index contributed by atoms with van der Waals surface area (Å²) in [5.74, 6) is -2.00. The summed E-state index contributed by atoms with van der Waals surface area (Å²) in [7, 11) is 4.75. The highest BCUT2D eigenvalue weighted by Crippen LogP contribution is 2.43. The number of carbonyl (C=O) groups is 4. The first-order chi connectivity index (χ1) is 23.8. The van der Waals surface area contributed by atoms with Crippen LogP contribution in [0.2, 0.25) is 0 Å². The van der Waals surface area contributed by atoms with E-state index in [-0.39, 0.29) is 42.6 Å². The topological polar surface area (TPSA) is 114 Å². The smallest absolute Gasteiger partial charge is 0.410 e. The van der Waals surface area contributed by atoms with Gasteiger partial charge in [-0.05, 0) is 67.7 Å². The molecule has 6 atom stereocenters. The van der Waals surface area contributed by atoms with Gasteiger partial charge < -0.3 is 24.4 Å². The fourth-order valence-electron chi connectivity index (χ4n) is 6.89. The molecule has 0 aromatic heterocycles. The summed E-state index contributed by atoms with van der Waals surface area (Å²) < 4.78 is 17.2. The normalized spacial score (nSPS) is 17.4. The van der Waals surface area contributed by atoms with E-state index in [2.05, 4.69) is 11.9 Å². The number of nitrogens with one attached hydrogen (secondary N) is 1. The third-order valence-corrected chi connectivity index (χ3v) is 9.57. The van der Waals surface area contributed by atoms with Gasteiger partial charge >= 0.3 is 12.1 Å². The minimum absolute atomic E-state index is 0.0310. The number of rotatable bonds is 17. The SMILES string of the molecule is C=CC1=C(/C=C\C)c2ccccc2C1COC(=O)N(C)C(C(=O)N[C@H](C(=O)N(C)C(C(C)CC)C(CC(=O)OC(C)(C)C)OC)C(C)C)C(C)C. The van der Waals surface area contributed by atoms with Crippen LogP contribution in [-0.4, -0.2) is 91.3 Å². The van der Waals surface area contributed by atoms with E-state index in [0.717, 1.165) is 28.7 Å². The number of esters is 1. The summed E-state index contributed by atoms with van der Waals surface area (Å²) in [6.07, 6.45) is 5.24. The number of fused-ring (bicyclic) bond motifs is 1. The first kappa shape index (κ1) is 43.2. The second-order valence-electron chi connectivity index (χ2n) is 15.2. The van der Waals surface area contributed by atoms with Gasteiger partial charge in [0.25, 0.3) is 0 Å². The van der Waals surface area contributed by atoms with Crippen LogP contribution >= 0.6 is 0 Å². The lowest BCUT2D eigenvalue weighted by atomic mass is 9.90. The van der Waals surface area contributed by atoms with Crippen molar-refractivity contribution in [1.82, 2.24) is 15.1 Å². The van der Waals surface area contributed by atoms with Crippen molar-refractivity contribution in [1.29, 1.82) is 0 Å². The zero-order valence-electron chi connectivity index (χ0n) is 33.2. The lowest BCUT2D eigenvalue weighted by Crippen LogP contribution is -2.60. The summed E-state index contributed by atoms with van der Waals surface area (Å²) in [4.78, 5) is 57.5. The lowest BCUT2D eigenvalue weighted by molar-refractivity contribution is -0.161. The highest BCUT2D eigenvalue weighted by atomic mass is 16.6. The lowest BCUT2D eigenvalue weighted by Gasteiger charge is -2.40. The number of allylic oxidation sites excluding steroid dienone is 4. The van der Waals surface area contributed by atoms with Crippen molar-refractivity contribution in [2.45, 2.75) is 118 Å². The zero-order chi connectivity index (χ0) is 38.8. The molecular formula is C41H63N3O7. The largest absolute Gasteiger partial charge is 0.460 e. The number of hydrogen-bond acceptors (Lipinski definition) is 7. The van der Waals surface area contributed by atoms with Crippen LogP contribution in [0.5, 0.6) is 0 Å². The van der Waals surface area contributed by atoms with E-state index in [1.165, 1.54) is 12.0 Å². The zero-order valence-corrected chi connectivity index (χ0v) is 33.2. The molecule has 0 saturated carbocycles. The third kappa shape index (κ3) is 11.0. The molecule has 10 heteroatoms. The van der Waals surface area contributed by atoms with E-state index < -0.39 is 47.8 Å². The molecule has 1 aromatic rings. The number of methoxy groups -OCH3 is 1. The summed E-state index contributed by atoms with van der Waals surface area (Å²) >= 11 is 0. The number of ether oxygens (including phenoxy) is 3. The Bertz CT molecular complexity index is 1440. The second kappa shape index (κ2) is 19.1. The predicted molar refractivity (Wildman–Crippen MR) is 203 cm³/mol. The molecule has 2 rings (SSSR count). The Morgan fingerprint density at radius 3 is 2.14 bits per heavy atom. The van der Waals surface area contributed by atoms with Crippen molar-refractivity contribution >= 4 is 29.5 Å². The minimum atomic E-state index is -0.912. The van der Waals surface area contributed by atoms with Crippen LogP contribution in [0.3, 0.4) is 0 Å². The molecular weight excluding hydrogens is 646 g/mol. The molecule has 1 aromatic carbocycles. The monoisotopic (exact) mass is 709 g/mol. The summed E-state index contributed by atoms with van der Waals surface area (Å²) in [5, 5.41) is 2.96. The molecule has 3 amide bonds. The van der Waals surface area contributed by atoms with Gasteiger partial charge in [-0.25, -0.2) is 4.79 Å². The molecule has 0 radical (unpaired) electrons. The Kier molecular flexibility index (Phi) is 16.2. The number of hydrogen-bond donors (Lipinski definition) is 1. The summed E-state index contributed by atoms with van der Waals surface area (Å²) in [6, 6.07) is 5.73. The molecule has 1 N–H and O–H groups in total. The van der Waals surface area contributed by atoms with Crippen molar-refractivity contribution in [2.75, 3.05) is 27.8 Å². The molecule has 51 heavy (non-hydrogen) atoms. The van der Waals surface area contributed by atoms with Crippen LogP contribution < -0.4 is 5.32 Å². The molecule has 0 saturated heterocycles. The Morgan fingerprint density at radius 2 is 1.63 bits per heavy atom. The quantitative estimate of drug-likeness (QED) is 0.171. The van der Waals surface area contributed by atoms with Crippen molar-refractivity contribution in [3.63, 3.8) is 0 Å². The fourth-order valence-corrected chi connectivity index (χ4v) is 6.89. The minimum Gasteiger partial charge on any atom is -0.460 e.